The Morgan fingerprint density at radius 1 is 1.60 bits per heavy atom. The summed E-state index contributed by atoms with van der Waals surface area (Å²) in [5.41, 5.74) is 0. The van der Waals surface area contributed by atoms with Crippen LogP contribution in [0.15, 0.2) is 12.5 Å². The predicted molar refractivity (Wildman–Crippen MR) is 65.9 cm³/mol. The summed E-state index contributed by atoms with van der Waals surface area (Å²) in [6.45, 7) is 1.66. The second kappa shape index (κ2) is 5.07. The number of hydrogen-bond donors (Lipinski definition) is 0. The number of rotatable bonds is 5. The quantitative estimate of drug-likeness (QED) is 0.772. The lowest BCUT2D eigenvalue weighted by Crippen LogP contribution is -2.26. The minimum absolute atomic E-state index is 0.690. The maximum atomic E-state index is 5.59. The van der Waals surface area contributed by atoms with Gasteiger partial charge in [0, 0.05) is 18.8 Å². The number of aromatic nitrogens is 2. The second-order valence-electron chi connectivity index (χ2n) is 3.74. The number of hydrogen-bond acceptors (Lipinski definition) is 4. The standard InChI is InChI=1S/C10H14IN3O/c1-14(8-2-3-8)4-5-15-10-9(11)6-12-7-13-10/h6-8H,2-5H2,1H3. The fourth-order valence-electron chi connectivity index (χ4n) is 1.39. The molecule has 1 saturated carbocycles. The summed E-state index contributed by atoms with van der Waals surface area (Å²) in [7, 11) is 2.14. The van der Waals surface area contributed by atoms with Crippen molar-refractivity contribution in [1.82, 2.24) is 14.9 Å². The van der Waals surface area contributed by atoms with Gasteiger partial charge in [-0.2, -0.15) is 0 Å². The zero-order chi connectivity index (χ0) is 10.7. The van der Waals surface area contributed by atoms with E-state index in [2.05, 4.69) is 44.5 Å². The first kappa shape index (κ1) is 11.1. The molecule has 1 aromatic heterocycles. The van der Waals surface area contributed by atoms with E-state index in [-0.39, 0.29) is 0 Å². The van der Waals surface area contributed by atoms with Crippen LogP contribution in [0.2, 0.25) is 0 Å². The van der Waals surface area contributed by atoms with Crippen LogP contribution in [0.5, 0.6) is 5.88 Å². The minimum atomic E-state index is 0.690. The molecule has 5 heteroatoms. The molecule has 1 aromatic rings. The van der Waals surface area contributed by atoms with Crippen molar-refractivity contribution < 1.29 is 4.74 Å². The molecule has 0 amide bonds. The van der Waals surface area contributed by atoms with E-state index >= 15 is 0 Å². The first-order chi connectivity index (χ1) is 7.27. The van der Waals surface area contributed by atoms with Crippen molar-refractivity contribution >= 4 is 22.6 Å². The zero-order valence-corrected chi connectivity index (χ0v) is 10.8. The van der Waals surface area contributed by atoms with Gasteiger partial charge in [0.25, 0.3) is 0 Å². The van der Waals surface area contributed by atoms with Gasteiger partial charge in [0.1, 0.15) is 12.9 Å². The molecular weight excluding hydrogens is 305 g/mol. The third-order valence-electron chi connectivity index (χ3n) is 2.49. The average Bonchev–Trinajstić information content (AvgIpc) is 3.04. The highest BCUT2D eigenvalue weighted by Gasteiger charge is 2.25. The SMILES string of the molecule is CN(CCOc1ncncc1I)C1CC1. The topological polar surface area (TPSA) is 38.2 Å². The van der Waals surface area contributed by atoms with E-state index in [4.69, 9.17) is 4.74 Å². The number of ether oxygens (including phenoxy) is 1. The van der Waals surface area contributed by atoms with Gasteiger partial charge in [0.05, 0.1) is 3.57 Å². The molecule has 0 bridgehead atoms. The fraction of sp³-hybridized carbons (Fsp3) is 0.600. The van der Waals surface area contributed by atoms with E-state index < -0.39 is 0 Å². The molecule has 0 saturated heterocycles. The average molecular weight is 319 g/mol. The van der Waals surface area contributed by atoms with Crippen molar-refractivity contribution in [3.8, 4) is 5.88 Å². The molecule has 0 aromatic carbocycles. The normalized spacial score (nSPS) is 15.7. The summed E-state index contributed by atoms with van der Waals surface area (Å²) >= 11 is 2.18. The molecule has 1 fully saturated rings. The second-order valence-corrected chi connectivity index (χ2v) is 4.90. The van der Waals surface area contributed by atoms with E-state index in [1.54, 1.807) is 6.20 Å². The van der Waals surface area contributed by atoms with Crippen molar-refractivity contribution in [2.75, 3.05) is 20.2 Å². The molecule has 0 radical (unpaired) electrons. The zero-order valence-electron chi connectivity index (χ0n) is 8.69. The highest BCUT2D eigenvalue weighted by molar-refractivity contribution is 14.1. The van der Waals surface area contributed by atoms with Crippen LogP contribution >= 0.6 is 22.6 Å². The van der Waals surface area contributed by atoms with Crippen molar-refractivity contribution in [1.29, 1.82) is 0 Å². The van der Waals surface area contributed by atoms with Crippen LogP contribution in [-0.4, -0.2) is 41.1 Å². The van der Waals surface area contributed by atoms with Gasteiger partial charge in [-0.1, -0.05) is 0 Å². The summed E-state index contributed by atoms with van der Waals surface area (Å²) in [6.07, 6.45) is 5.94. The molecule has 4 nitrogen and oxygen atoms in total. The van der Waals surface area contributed by atoms with Crippen molar-refractivity contribution in [2.45, 2.75) is 18.9 Å². The molecule has 82 valence electrons. The van der Waals surface area contributed by atoms with Gasteiger partial charge < -0.3 is 9.64 Å². The maximum absolute atomic E-state index is 5.59. The van der Waals surface area contributed by atoms with Crippen molar-refractivity contribution in [3.63, 3.8) is 0 Å². The van der Waals surface area contributed by atoms with Crippen molar-refractivity contribution in [3.05, 3.63) is 16.1 Å². The number of likely N-dealkylation sites (N-methyl/N-ethyl adjacent to an activating group) is 1. The Balaban J connectivity index is 1.75. The van der Waals surface area contributed by atoms with Crippen LogP contribution in [0.3, 0.4) is 0 Å². The Labute approximate surface area is 103 Å². The molecule has 0 spiro atoms. The van der Waals surface area contributed by atoms with Crippen LogP contribution < -0.4 is 4.74 Å². The largest absolute Gasteiger partial charge is 0.475 e. The molecule has 1 aliphatic carbocycles. The Hall–Kier alpha value is -0.430. The van der Waals surface area contributed by atoms with Crippen LogP contribution in [0.1, 0.15) is 12.8 Å². The van der Waals surface area contributed by atoms with Crippen LogP contribution in [0.25, 0.3) is 0 Å². The molecule has 1 heterocycles. The molecular formula is C10H14IN3O. The van der Waals surface area contributed by atoms with Crippen LogP contribution in [0.4, 0.5) is 0 Å². The van der Waals surface area contributed by atoms with E-state index in [0.717, 1.165) is 16.2 Å². The lowest BCUT2D eigenvalue weighted by atomic mass is 10.5. The molecule has 0 atom stereocenters. The van der Waals surface area contributed by atoms with E-state index in [0.29, 0.717) is 12.5 Å². The third kappa shape index (κ3) is 3.27. The highest BCUT2D eigenvalue weighted by atomic mass is 127. The summed E-state index contributed by atoms with van der Waals surface area (Å²) < 4.78 is 6.55. The number of nitrogens with zero attached hydrogens (tertiary/aromatic N) is 3. The summed E-state index contributed by atoms with van der Waals surface area (Å²) in [5.74, 6) is 0.690. The maximum Gasteiger partial charge on any atom is 0.230 e. The number of halogens is 1. The molecule has 2 rings (SSSR count). The van der Waals surface area contributed by atoms with E-state index in [1.807, 2.05) is 0 Å². The Morgan fingerprint density at radius 2 is 2.40 bits per heavy atom. The van der Waals surface area contributed by atoms with Crippen molar-refractivity contribution in [2.24, 2.45) is 0 Å². The molecule has 0 N–H and O–H groups in total. The van der Waals surface area contributed by atoms with Crippen LogP contribution in [-0.2, 0) is 0 Å². The van der Waals surface area contributed by atoms with Gasteiger partial charge in [-0.3, -0.25) is 0 Å². The van der Waals surface area contributed by atoms with Gasteiger partial charge in [-0.25, -0.2) is 9.97 Å². The Bertz CT molecular complexity index is 330. The van der Waals surface area contributed by atoms with Gasteiger partial charge >= 0.3 is 0 Å². The Kier molecular flexibility index (Phi) is 3.74. The monoisotopic (exact) mass is 319 g/mol. The lowest BCUT2D eigenvalue weighted by Gasteiger charge is -2.15. The summed E-state index contributed by atoms with van der Waals surface area (Å²) in [6, 6.07) is 0.790. The predicted octanol–water partition coefficient (Wildman–Crippen LogP) is 1.55. The molecule has 15 heavy (non-hydrogen) atoms. The lowest BCUT2D eigenvalue weighted by molar-refractivity contribution is 0.225. The summed E-state index contributed by atoms with van der Waals surface area (Å²) in [4.78, 5) is 10.3. The van der Waals surface area contributed by atoms with E-state index in [1.165, 1.54) is 19.2 Å². The third-order valence-corrected chi connectivity index (χ3v) is 3.23. The van der Waals surface area contributed by atoms with Gasteiger partial charge in [-0.05, 0) is 42.5 Å². The van der Waals surface area contributed by atoms with E-state index in [9.17, 15) is 0 Å². The van der Waals surface area contributed by atoms with Gasteiger partial charge in [0.2, 0.25) is 5.88 Å². The molecule has 0 unspecified atom stereocenters. The first-order valence-corrected chi connectivity index (χ1v) is 6.14. The van der Waals surface area contributed by atoms with Gasteiger partial charge in [0.15, 0.2) is 0 Å². The van der Waals surface area contributed by atoms with Gasteiger partial charge in [-0.15, -0.1) is 0 Å². The molecule has 0 aliphatic heterocycles. The summed E-state index contributed by atoms with van der Waals surface area (Å²) in [5, 5.41) is 0. The minimum Gasteiger partial charge on any atom is -0.475 e. The highest BCUT2D eigenvalue weighted by Crippen LogP contribution is 2.24. The fourth-order valence-corrected chi connectivity index (χ4v) is 1.85. The Morgan fingerprint density at radius 3 is 3.07 bits per heavy atom. The smallest absolute Gasteiger partial charge is 0.230 e. The molecule has 1 aliphatic rings. The van der Waals surface area contributed by atoms with Crippen LogP contribution in [0, 0.1) is 3.57 Å². The first-order valence-electron chi connectivity index (χ1n) is 5.06.